The average molecular weight is 351 g/mol. The summed E-state index contributed by atoms with van der Waals surface area (Å²) in [5, 5.41) is 9.11. The number of rotatable bonds is 7. The van der Waals surface area contributed by atoms with Gasteiger partial charge in [-0.05, 0) is 50.2 Å². The normalized spacial score (nSPS) is 20.2. The molecule has 1 aromatic heterocycles. The van der Waals surface area contributed by atoms with Gasteiger partial charge in [-0.2, -0.15) is 0 Å². The highest BCUT2D eigenvalue weighted by Gasteiger charge is 2.22. The van der Waals surface area contributed by atoms with Crippen LogP contribution in [0.5, 0.6) is 0 Å². The Labute approximate surface area is 151 Å². The van der Waals surface area contributed by atoms with E-state index in [4.69, 9.17) is 4.99 Å². The highest BCUT2D eigenvalue weighted by molar-refractivity contribution is 7.10. The van der Waals surface area contributed by atoms with Crippen LogP contribution in [0, 0.1) is 5.92 Å². The predicted molar refractivity (Wildman–Crippen MR) is 106 cm³/mol. The van der Waals surface area contributed by atoms with E-state index >= 15 is 0 Å². The van der Waals surface area contributed by atoms with Crippen molar-refractivity contribution in [3.63, 3.8) is 0 Å². The second-order valence-electron chi connectivity index (χ2n) is 7.34. The van der Waals surface area contributed by atoms with Crippen molar-refractivity contribution in [1.29, 1.82) is 0 Å². The lowest BCUT2D eigenvalue weighted by atomic mass is 9.92. The first-order chi connectivity index (χ1) is 11.5. The number of piperidine rings is 1. The summed E-state index contributed by atoms with van der Waals surface area (Å²) in [5.41, 5.74) is 0.0837. The first kappa shape index (κ1) is 19.3. The van der Waals surface area contributed by atoms with E-state index in [-0.39, 0.29) is 5.41 Å². The standard InChI is InChI=1S/C19H34N4S/c1-5-20-18(21-13-16-9-7-11-23(6-2)14-16)22-15-19(3,4)17-10-8-12-24-17/h8,10,12,16H,5-7,9,11,13-15H2,1-4H3,(H2,20,21,22). The summed E-state index contributed by atoms with van der Waals surface area (Å²) in [5.74, 6) is 1.68. The van der Waals surface area contributed by atoms with E-state index in [2.05, 4.69) is 60.7 Å². The van der Waals surface area contributed by atoms with Gasteiger partial charge in [0.2, 0.25) is 0 Å². The molecule has 0 aromatic carbocycles. The SMILES string of the molecule is CCNC(=NCC(C)(C)c1cccs1)NCC1CCCN(CC)C1. The molecular formula is C19H34N4S. The lowest BCUT2D eigenvalue weighted by molar-refractivity contribution is 0.183. The number of hydrogen-bond donors (Lipinski definition) is 2. The van der Waals surface area contributed by atoms with Crippen molar-refractivity contribution in [2.75, 3.05) is 39.3 Å². The summed E-state index contributed by atoms with van der Waals surface area (Å²) in [4.78, 5) is 8.80. The van der Waals surface area contributed by atoms with Crippen LogP contribution in [-0.2, 0) is 5.41 Å². The van der Waals surface area contributed by atoms with Crippen LogP contribution in [0.25, 0.3) is 0 Å². The minimum Gasteiger partial charge on any atom is -0.357 e. The number of aliphatic imine (C=N–C) groups is 1. The van der Waals surface area contributed by atoms with Crippen LogP contribution in [0.3, 0.4) is 0 Å². The monoisotopic (exact) mass is 350 g/mol. The van der Waals surface area contributed by atoms with Gasteiger partial charge >= 0.3 is 0 Å². The Morgan fingerprint density at radius 3 is 2.88 bits per heavy atom. The van der Waals surface area contributed by atoms with E-state index in [1.807, 2.05) is 11.3 Å². The fraction of sp³-hybridized carbons (Fsp3) is 0.737. The maximum absolute atomic E-state index is 4.85. The molecule has 1 aliphatic heterocycles. The zero-order valence-electron chi connectivity index (χ0n) is 15.8. The van der Waals surface area contributed by atoms with Crippen LogP contribution in [0.1, 0.15) is 45.4 Å². The first-order valence-electron chi connectivity index (χ1n) is 9.33. The quantitative estimate of drug-likeness (QED) is 0.585. The first-order valence-corrected chi connectivity index (χ1v) is 10.2. The van der Waals surface area contributed by atoms with Gasteiger partial charge in [-0.15, -0.1) is 11.3 Å². The molecule has 5 heteroatoms. The molecule has 0 saturated carbocycles. The number of likely N-dealkylation sites (tertiary alicyclic amines) is 1. The predicted octanol–water partition coefficient (Wildman–Crippen LogP) is 3.31. The molecule has 1 fully saturated rings. The van der Waals surface area contributed by atoms with Gasteiger partial charge in [-0.3, -0.25) is 4.99 Å². The molecule has 2 N–H and O–H groups in total. The summed E-state index contributed by atoms with van der Waals surface area (Å²) in [6, 6.07) is 4.33. The third kappa shape index (κ3) is 5.78. The molecule has 0 amide bonds. The van der Waals surface area contributed by atoms with E-state index in [0.717, 1.165) is 31.5 Å². The molecular weight excluding hydrogens is 316 g/mol. The van der Waals surface area contributed by atoms with Gasteiger partial charge < -0.3 is 15.5 Å². The van der Waals surface area contributed by atoms with Crippen LogP contribution in [0.2, 0.25) is 0 Å². The molecule has 1 unspecified atom stereocenters. The molecule has 1 atom stereocenters. The van der Waals surface area contributed by atoms with Gasteiger partial charge in [-0.25, -0.2) is 0 Å². The maximum Gasteiger partial charge on any atom is 0.191 e. The third-order valence-electron chi connectivity index (χ3n) is 4.77. The molecule has 2 rings (SSSR count). The van der Waals surface area contributed by atoms with Crippen molar-refractivity contribution in [1.82, 2.24) is 15.5 Å². The molecule has 1 aromatic rings. The molecule has 0 radical (unpaired) electrons. The fourth-order valence-corrected chi connectivity index (χ4v) is 4.05. The zero-order chi connectivity index (χ0) is 17.4. The minimum atomic E-state index is 0.0837. The van der Waals surface area contributed by atoms with E-state index in [1.165, 1.54) is 37.4 Å². The molecule has 0 bridgehead atoms. The Bertz CT molecular complexity index is 495. The molecule has 0 spiro atoms. The van der Waals surface area contributed by atoms with Crippen molar-refractivity contribution in [2.45, 2.75) is 46.0 Å². The molecule has 0 aliphatic carbocycles. The largest absolute Gasteiger partial charge is 0.357 e. The average Bonchev–Trinajstić information content (AvgIpc) is 3.13. The summed E-state index contributed by atoms with van der Waals surface area (Å²) in [7, 11) is 0. The molecule has 4 nitrogen and oxygen atoms in total. The number of thiophene rings is 1. The Morgan fingerprint density at radius 2 is 2.21 bits per heavy atom. The molecule has 24 heavy (non-hydrogen) atoms. The maximum atomic E-state index is 4.85. The van der Waals surface area contributed by atoms with Crippen molar-refractivity contribution < 1.29 is 0 Å². The zero-order valence-corrected chi connectivity index (χ0v) is 16.6. The van der Waals surface area contributed by atoms with Crippen LogP contribution >= 0.6 is 11.3 Å². The summed E-state index contributed by atoms with van der Waals surface area (Å²) >= 11 is 1.82. The van der Waals surface area contributed by atoms with Gasteiger partial charge in [0, 0.05) is 29.9 Å². The van der Waals surface area contributed by atoms with Gasteiger partial charge in [0.1, 0.15) is 0 Å². The van der Waals surface area contributed by atoms with Gasteiger partial charge in [0.05, 0.1) is 6.54 Å². The second-order valence-corrected chi connectivity index (χ2v) is 8.29. The number of nitrogens with one attached hydrogen (secondary N) is 2. The van der Waals surface area contributed by atoms with E-state index in [0.29, 0.717) is 0 Å². The molecule has 1 saturated heterocycles. The van der Waals surface area contributed by atoms with E-state index in [1.54, 1.807) is 0 Å². The van der Waals surface area contributed by atoms with Crippen molar-refractivity contribution in [3.05, 3.63) is 22.4 Å². The van der Waals surface area contributed by atoms with Crippen LogP contribution in [0.15, 0.2) is 22.5 Å². The smallest absolute Gasteiger partial charge is 0.191 e. The van der Waals surface area contributed by atoms with Crippen molar-refractivity contribution in [2.24, 2.45) is 10.9 Å². The van der Waals surface area contributed by atoms with Gasteiger partial charge in [-0.1, -0.05) is 26.8 Å². The van der Waals surface area contributed by atoms with Crippen LogP contribution < -0.4 is 10.6 Å². The summed E-state index contributed by atoms with van der Waals surface area (Å²) in [6.45, 7) is 15.3. The lowest BCUT2D eigenvalue weighted by Gasteiger charge is -2.32. The highest BCUT2D eigenvalue weighted by atomic mass is 32.1. The highest BCUT2D eigenvalue weighted by Crippen LogP contribution is 2.27. The molecule has 136 valence electrons. The summed E-state index contributed by atoms with van der Waals surface area (Å²) < 4.78 is 0. The minimum absolute atomic E-state index is 0.0837. The topological polar surface area (TPSA) is 39.7 Å². The number of hydrogen-bond acceptors (Lipinski definition) is 3. The van der Waals surface area contributed by atoms with E-state index in [9.17, 15) is 0 Å². The van der Waals surface area contributed by atoms with Crippen LogP contribution in [-0.4, -0.2) is 50.1 Å². The number of guanidine groups is 1. The Balaban J connectivity index is 1.88. The lowest BCUT2D eigenvalue weighted by Crippen LogP contribution is -2.44. The molecule has 2 heterocycles. The molecule has 1 aliphatic rings. The number of nitrogens with zero attached hydrogens (tertiary/aromatic N) is 2. The van der Waals surface area contributed by atoms with Gasteiger partial charge in [0.15, 0.2) is 5.96 Å². The summed E-state index contributed by atoms with van der Waals surface area (Å²) in [6.07, 6.45) is 2.64. The third-order valence-corrected chi connectivity index (χ3v) is 6.01. The van der Waals surface area contributed by atoms with Crippen LogP contribution in [0.4, 0.5) is 0 Å². The fourth-order valence-electron chi connectivity index (χ4n) is 3.21. The Morgan fingerprint density at radius 1 is 1.38 bits per heavy atom. The second kappa shape index (κ2) is 9.42. The van der Waals surface area contributed by atoms with Crippen molar-refractivity contribution in [3.8, 4) is 0 Å². The van der Waals surface area contributed by atoms with Gasteiger partial charge in [0.25, 0.3) is 0 Å². The Hall–Kier alpha value is -1.07. The Kier molecular flexibility index (Phi) is 7.56. The van der Waals surface area contributed by atoms with Crippen molar-refractivity contribution >= 4 is 17.3 Å². The van der Waals surface area contributed by atoms with E-state index < -0.39 is 0 Å².